The molecule has 2 aliphatic carbocycles. The number of rotatable bonds is 6. The molecule has 2 heterocycles. The number of aromatic hydroxyl groups is 2. The molecular weight excluding hydrogens is 778 g/mol. The van der Waals surface area contributed by atoms with Crippen LogP contribution < -0.4 is 4.74 Å². The van der Waals surface area contributed by atoms with Crippen molar-refractivity contribution in [2.24, 2.45) is 17.8 Å². The van der Waals surface area contributed by atoms with E-state index in [1.54, 1.807) is 36.4 Å². The largest absolute Gasteiger partial charge is 0.508 e. The average Bonchev–Trinajstić information content (AvgIpc) is 3.31. The van der Waals surface area contributed by atoms with Gasteiger partial charge < -0.3 is 14.9 Å². The van der Waals surface area contributed by atoms with Gasteiger partial charge in [-0.15, -0.1) is 23.2 Å². The lowest BCUT2D eigenvalue weighted by atomic mass is 9.56. The summed E-state index contributed by atoms with van der Waals surface area (Å²) in [5, 5.41) is 20.1. The van der Waals surface area contributed by atoms with E-state index in [9.17, 15) is 29.4 Å². The number of fused-ring (bicyclic) bond motifs is 4. The lowest BCUT2D eigenvalue weighted by Crippen LogP contribution is -2.60. The molecule has 2 aromatic rings. The molecule has 0 bridgehead atoms. The molecule has 2 saturated heterocycles. The van der Waals surface area contributed by atoms with Crippen molar-refractivity contribution in [1.82, 2.24) is 9.80 Å². The lowest BCUT2D eigenvalue weighted by molar-refractivity contribution is -0.141. The van der Waals surface area contributed by atoms with Crippen molar-refractivity contribution in [2.75, 3.05) is 19.1 Å². The fourth-order valence-corrected chi connectivity index (χ4v) is 9.28. The molecule has 226 valence electrons. The first kappa shape index (κ1) is 30.7. The summed E-state index contributed by atoms with van der Waals surface area (Å²) in [5.41, 5.74) is 1.90. The van der Waals surface area contributed by atoms with Crippen molar-refractivity contribution >= 4 is 85.4 Å². The van der Waals surface area contributed by atoms with Crippen LogP contribution in [0, 0.1) is 21.3 Å². The molecule has 1 saturated carbocycles. The van der Waals surface area contributed by atoms with Crippen LogP contribution in [0.15, 0.2) is 48.0 Å². The molecule has 9 nitrogen and oxygen atoms in total. The molecule has 4 aliphatic rings. The Balaban J connectivity index is 1.44. The number of likely N-dealkylation sites (tertiary alicyclic amines) is 2. The highest BCUT2D eigenvalue weighted by Crippen LogP contribution is 2.65. The first-order chi connectivity index (χ1) is 20.4. The monoisotopic (exact) mass is 802 g/mol. The maximum atomic E-state index is 14.0. The molecular formula is C30H26BrCl2IN2O7. The minimum Gasteiger partial charge on any atom is -0.508 e. The van der Waals surface area contributed by atoms with E-state index < -0.39 is 45.2 Å². The minimum absolute atomic E-state index is 0.0885. The summed E-state index contributed by atoms with van der Waals surface area (Å²) in [7, 11) is 1.40. The summed E-state index contributed by atoms with van der Waals surface area (Å²) in [6, 6.07) is 9.81. The van der Waals surface area contributed by atoms with Crippen LogP contribution >= 0.6 is 61.7 Å². The molecule has 2 N–H and O–H groups in total. The van der Waals surface area contributed by atoms with Crippen LogP contribution in [0.4, 0.5) is 0 Å². The quantitative estimate of drug-likeness (QED) is 0.143. The van der Waals surface area contributed by atoms with E-state index in [2.05, 4.69) is 15.9 Å². The van der Waals surface area contributed by atoms with Gasteiger partial charge in [-0.05, 0) is 83.2 Å². The predicted molar refractivity (Wildman–Crippen MR) is 169 cm³/mol. The van der Waals surface area contributed by atoms with E-state index >= 15 is 0 Å². The zero-order valence-electron chi connectivity index (χ0n) is 22.7. The zero-order valence-corrected chi connectivity index (χ0v) is 28.0. The first-order valence-corrected chi connectivity index (χ1v) is 16.5. The summed E-state index contributed by atoms with van der Waals surface area (Å²) in [4.78, 5) is 53.7. The van der Waals surface area contributed by atoms with E-state index in [0.717, 1.165) is 10.5 Å². The number of amides is 4. The Hall–Kier alpha value is -2.35. The summed E-state index contributed by atoms with van der Waals surface area (Å²) in [6.07, 6.45) is 2.43. The number of hydrogen-bond acceptors (Lipinski definition) is 7. The number of benzene rings is 2. The number of carbonyl (C=O) groups excluding carboxylic acids is 4. The van der Waals surface area contributed by atoms with Crippen molar-refractivity contribution in [3.05, 3.63) is 62.7 Å². The average molecular weight is 804 g/mol. The smallest absolute Gasteiger partial charge is 0.254 e. The van der Waals surface area contributed by atoms with Gasteiger partial charge in [0, 0.05) is 12.5 Å². The third kappa shape index (κ3) is 4.35. The van der Waals surface area contributed by atoms with Gasteiger partial charge in [0.15, 0.2) is 21.2 Å². The molecule has 6 atom stereocenters. The topological polar surface area (TPSA) is 124 Å². The highest BCUT2D eigenvalue weighted by Gasteiger charge is 2.76. The van der Waals surface area contributed by atoms with Crippen molar-refractivity contribution in [2.45, 2.75) is 34.9 Å². The minimum atomic E-state index is -1.94. The van der Waals surface area contributed by atoms with Gasteiger partial charge in [-0.1, -0.05) is 39.7 Å². The molecule has 13 heteroatoms. The van der Waals surface area contributed by atoms with Crippen molar-refractivity contribution in [1.29, 1.82) is 0 Å². The number of nitrogens with zero attached hydrogens (tertiary/aromatic N) is 2. The maximum absolute atomic E-state index is 14.0. The fourth-order valence-electron chi connectivity index (χ4n) is 7.23. The van der Waals surface area contributed by atoms with Crippen molar-refractivity contribution in [3.8, 4) is 17.2 Å². The van der Waals surface area contributed by atoms with E-state index in [1.165, 1.54) is 12.0 Å². The van der Waals surface area contributed by atoms with E-state index in [1.807, 2.05) is 28.7 Å². The Morgan fingerprint density at radius 1 is 1.02 bits per heavy atom. The van der Waals surface area contributed by atoms with Crippen LogP contribution in [0.1, 0.15) is 29.9 Å². The van der Waals surface area contributed by atoms with Crippen LogP contribution in [0.2, 0.25) is 0 Å². The van der Waals surface area contributed by atoms with Gasteiger partial charge in [0.25, 0.3) is 11.8 Å². The number of allylic oxidation sites excluding steroid dienone is 2. The summed E-state index contributed by atoms with van der Waals surface area (Å²) >= 11 is 19.7. The molecule has 0 radical (unpaired) electrons. The molecule has 2 aliphatic heterocycles. The van der Waals surface area contributed by atoms with E-state index in [4.69, 9.17) is 27.9 Å². The molecule has 0 spiro atoms. The van der Waals surface area contributed by atoms with Crippen molar-refractivity contribution in [3.63, 3.8) is 0 Å². The standard InChI is InChI=1S/C30H26BrCl2IN2O7/c1-43-21-11-15(10-20(34)24(21)38)23-17-6-7-18-22(19(17)12-29(32)27(41)36(13-31)28(42)30(23,29)33)26(40)35(25(18)39)9-8-14-2-4-16(37)5-3-14/h2-6,10-11,18-19,22-23,37-38H,7-9,12-13H2,1H3/t18-,19+,22-,23-,29+,30-/m0/s1. The molecule has 0 aromatic heterocycles. The van der Waals surface area contributed by atoms with Crippen LogP contribution in [-0.4, -0.2) is 72.5 Å². The van der Waals surface area contributed by atoms with Gasteiger partial charge in [-0.2, -0.15) is 0 Å². The normalized spacial score (nSPS) is 31.6. The van der Waals surface area contributed by atoms with E-state index in [-0.39, 0.29) is 53.9 Å². The first-order valence-electron chi connectivity index (χ1n) is 13.6. The van der Waals surface area contributed by atoms with E-state index in [0.29, 0.717) is 21.1 Å². The van der Waals surface area contributed by atoms with Gasteiger partial charge in [0.1, 0.15) is 5.75 Å². The number of phenolic OH excluding ortho intramolecular Hbond substituents is 2. The third-order valence-electron chi connectivity index (χ3n) is 9.27. The Bertz CT molecular complexity index is 1600. The Kier molecular flexibility index (Phi) is 7.79. The predicted octanol–water partition coefficient (Wildman–Crippen LogP) is 4.66. The Labute approximate surface area is 279 Å². The third-order valence-corrected chi connectivity index (χ3v) is 12.0. The lowest BCUT2D eigenvalue weighted by Gasteiger charge is -2.50. The highest BCUT2D eigenvalue weighted by atomic mass is 127. The summed E-state index contributed by atoms with van der Waals surface area (Å²) in [5.74, 6) is -4.81. The Morgan fingerprint density at radius 3 is 2.37 bits per heavy atom. The molecule has 3 fully saturated rings. The van der Waals surface area contributed by atoms with Gasteiger partial charge in [-0.3, -0.25) is 29.0 Å². The number of halogens is 4. The van der Waals surface area contributed by atoms with Crippen molar-refractivity contribution < 1.29 is 34.1 Å². The number of carbonyl (C=O) groups is 4. The summed E-state index contributed by atoms with van der Waals surface area (Å²) < 4.78 is 5.83. The second kappa shape index (κ2) is 10.9. The summed E-state index contributed by atoms with van der Waals surface area (Å²) in [6.45, 7) is 0.161. The molecule has 6 rings (SSSR count). The number of methoxy groups -OCH3 is 1. The Morgan fingerprint density at radius 2 is 1.72 bits per heavy atom. The second-order valence-electron chi connectivity index (χ2n) is 11.3. The van der Waals surface area contributed by atoms with Crippen LogP contribution in [0.25, 0.3) is 0 Å². The van der Waals surface area contributed by atoms with Gasteiger partial charge in [0.2, 0.25) is 11.8 Å². The van der Waals surface area contributed by atoms with Gasteiger partial charge >= 0.3 is 0 Å². The molecule has 43 heavy (non-hydrogen) atoms. The number of imide groups is 2. The molecule has 0 unspecified atom stereocenters. The van der Waals surface area contributed by atoms with Gasteiger partial charge in [-0.25, -0.2) is 0 Å². The number of alkyl halides is 3. The van der Waals surface area contributed by atoms with Crippen LogP contribution in [0.5, 0.6) is 17.2 Å². The highest BCUT2D eigenvalue weighted by molar-refractivity contribution is 14.1. The second-order valence-corrected chi connectivity index (χ2v) is 14.2. The fraction of sp³-hybridized carbons (Fsp3) is 0.400. The van der Waals surface area contributed by atoms with Crippen LogP contribution in [0.3, 0.4) is 0 Å². The maximum Gasteiger partial charge on any atom is 0.254 e. The molecule has 2 aromatic carbocycles. The van der Waals surface area contributed by atoms with Gasteiger partial charge in [0.05, 0.1) is 28.0 Å². The van der Waals surface area contributed by atoms with Crippen LogP contribution in [-0.2, 0) is 25.6 Å². The molecule has 4 amide bonds. The zero-order chi connectivity index (χ0) is 31.0. The number of hydrogen-bond donors (Lipinski definition) is 2. The SMILES string of the molecule is COc1cc([C@H]2C3=CC[C@@H]4C(=O)N(CCc5ccc(O)cc5)C(=O)[C@@H]4[C@@H]3C[C@@]3(Cl)C(=O)N(CBr)C(=O)[C@@]23Cl)cc(I)c1O. The number of ether oxygens (including phenoxy) is 1. The number of phenols is 2.